The Kier molecular flexibility index (Phi) is 4.66. The Morgan fingerprint density at radius 2 is 1.77 bits per heavy atom. The second kappa shape index (κ2) is 7.25. The molecule has 4 aromatic rings. The molecule has 26 heavy (non-hydrogen) atoms. The van der Waals surface area contributed by atoms with Crippen molar-refractivity contribution in [1.29, 1.82) is 5.26 Å². The summed E-state index contributed by atoms with van der Waals surface area (Å²) in [6, 6.07) is 24.7. The van der Waals surface area contributed by atoms with Gasteiger partial charge in [-0.2, -0.15) is 5.26 Å². The molecule has 0 saturated carbocycles. The van der Waals surface area contributed by atoms with E-state index in [1.165, 1.54) is 22.1 Å². The van der Waals surface area contributed by atoms with Crippen LogP contribution in [-0.2, 0) is 0 Å². The first kappa shape index (κ1) is 16.7. The van der Waals surface area contributed by atoms with Crippen molar-refractivity contribution in [3.05, 3.63) is 87.2 Å². The van der Waals surface area contributed by atoms with Crippen molar-refractivity contribution in [1.82, 2.24) is 4.98 Å². The molecular formula is C22H13BrN2S. The summed E-state index contributed by atoms with van der Waals surface area (Å²) in [5.41, 5.74) is 3.51. The maximum absolute atomic E-state index is 9.56. The molecule has 2 nitrogen and oxygen atoms in total. The summed E-state index contributed by atoms with van der Waals surface area (Å²) in [6.45, 7) is 0. The number of nitriles is 1. The van der Waals surface area contributed by atoms with E-state index in [9.17, 15) is 5.26 Å². The number of fused-ring (bicyclic) bond motifs is 1. The van der Waals surface area contributed by atoms with Crippen LogP contribution in [0.4, 0.5) is 0 Å². The summed E-state index contributed by atoms with van der Waals surface area (Å²) in [5.74, 6) is 0. The largest absolute Gasteiger partial charge is 0.235 e. The van der Waals surface area contributed by atoms with Crippen LogP contribution in [0, 0.1) is 11.3 Å². The minimum atomic E-state index is 0.573. The fourth-order valence-corrected chi connectivity index (χ4v) is 3.81. The van der Waals surface area contributed by atoms with E-state index in [1.807, 2.05) is 47.9 Å². The lowest BCUT2D eigenvalue weighted by molar-refractivity contribution is 1.37. The van der Waals surface area contributed by atoms with Gasteiger partial charge < -0.3 is 0 Å². The van der Waals surface area contributed by atoms with E-state index in [0.29, 0.717) is 5.57 Å². The lowest BCUT2D eigenvalue weighted by Gasteiger charge is -2.01. The van der Waals surface area contributed by atoms with Gasteiger partial charge in [0, 0.05) is 15.4 Å². The van der Waals surface area contributed by atoms with E-state index in [1.54, 1.807) is 0 Å². The Bertz CT molecular complexity index is 1150. The van der Waals surface area contributed by atoms with Crippen molar-refractivity contribution in [3.63, 3.8) is 0 Å². The summed E-state index contributed by atoms with van der Waals surface area (Å²) >= 11 is 4.92. The lowest BCUT2D eigenvalue weighted by Crippen LogP contribution is -1.83. The molecule has 0 aliphatic rings. The van der Waals surface area contributed by atoms with Gasteiger partial charge in [-0.15, -0.1) is 11.3 Å². The summed E-state index contributed by atoms with van der Waals surface area (Å²) < 4.78 is 1.01. The zero-order chi connectivity index (χ0) is 17.9. The number of allylic oxidation sites excluding steroid dienone is 1. The maximum Gasteiger partial charge on any atom is 0.134 e. The number of hydrogen-bond acceptors (Lipinski definition) is 3. The number of rotatable bonds is 3. The van der Waals surface area contributed by atoms with Gasteiger partial charge >= 0.3 is 0 Å². The molecule has 0 aliphatic heterocycles. The average molecular weight is 417 g/mol. The van der Waals surface area contributed by atoms with Crippen LogP contribution < -0.4 is 0 Å². The number of benzene rings is 3. The van der Waals surface area contributed by atoms with Gasteiger partial charge in [0.15, 0.2) is 0 Å². The third-order valence-corrected chi connectivity index (χ3v) is 5.49. The van der Waals surface area contributed by atoms with E-state index < -0.39 is 0 Å². The highest BCUT2D eigenvalue weighted by Gasteiger charge is 2.09. The van der Waals surface area contributed by atoms with Gasteiger partial charge in [0.1, 0.15) is 11.1 Å². The minimum absolute atomic E-state index is 0.573. The number of nitrogens with zero attached hydrogens (tertiary/aromatic N) is 2. The first-order chi connectivity index (χ1) is 12.7. The number of hydrogen-bond donors (Lipinski definition) is 0. The van der Waals surface area contributed by atoms with Gasteiger partial charge in [-0.1, -0.05) is 64.5 Å². The zero-order valence-corrected chi connectivity index (χ0v) is 16.1. The standard InChI is InChI=1S/C22H13BrN2S/c23-20-9-5-15(6-10-20)11-19(13-24)22-25-21(14-26-22)18-8-7-16-3-1-2-4-17(16)12-18/h1-12,14H/b19-11+. The highest BCUT2D eigenvalue weighted by Crippen LogP contribution is 2.29. The van der Waals surface area contributed by atoms with Crippen LogP contribution >= 0.6 is 27.3 Å². The lowest BCUT2D eigenvalue weighted by atomic mass is 10.1. The van der Waals surface area contributed by atoms with Gasteiger partial charge in [-0.05, 0) is 40.6 Å². The van der Waals surface area contributed by atoms with Crippen molar-refractivity contribution in [2.45, 2.75) is 0 Å². The smallest absolute Gasteiger partial charge is 0.134 e. The van der Waals surface area contributed by atoms with Gasteiger partial charge in [-0.3, -0.25) is 0 Å². The molecule has 1 heterocycles. The van der Waals surface area contributed by atoms with E-state index in [0.717, 1.165) is 26.3 Å². The van der Waals surface area contributed by atoms with Crippen molar-refractivity contribution in [2.24, 2.45) is 0 Å². The first-order valence-corrected chi connectivity index (χ1v) is 9.73. The molecule has 0 fully saturated rings. The molecule has 0 unspecified atom stereocenters. The average Bonchev–Trinajstić information content (AvgIpc) is 3.17. The van der Waals surface area contributed by atoms with E-state index >= 15 is 0 Å². The third kappa shape index (κ3) is 3.45. The minimum Gasteiger partial charge on any atom is -0.235 e. The fourth-order valence-electron chi connectivity index (χ4n) is 2.75. The van der Waals surface area contributed by atoms with Gasteiger partial charge in [0.05, 0.1) is 11.3 Å². The Morgan fingerprint density at radius 1 is 1.00 bits per heavy atom. The molecule has 0 aliphatic carbocycles. The molecule has 0 atom stereocenters. The van der Waals surface area contributed by atoms with Crippen molar-refractivity contribution in [3.8, 4) is 17.3 Å². The molecule has 4 rings (SSSR count). The topological polar surface area (TPSA) is 36.7 Å². The van der Waals surface area contributed by atoms with Crippen LogP contribution in [-0.4, -0.2) is 4.98 Å². The van der Waals surface area contributed by atoms with Crippen LogP contribution in [0.15, 0.2) is 76.6 Å². The highest BCUT2D eigenvalue weighted by molar-refractivity contribution is 9.10. The monoisotopic (exact) mass is 416 g/mol. The molecule has 0 amide bonds. The maximum atomic E-state index is 9.56. The second-order valence-electron chi connectivity index (χ2n) is 5.82. The summed E-state index contributed by atoms with van der Waals surface area (Å²) in [6.07, 6.45) is 1.87. The summed E-state index contributed by atoms with van der Waals surface area (Å²) in [4.78, 5) is 4.69. The van der Waals surface area contributed by atoms with Crippen LogP contribution in [0.3, 0.4) is 0 Å². The molecule has 0 radical (unpaired) electrons. The molecular weight excluding hydrogens is 404 g/mol. The number of halogens is 1. The first-order valence-electron chi connectivity index (χ1n) is 8.05. The SMILES string of the molecule is N#C/C(=C\c1ccc(Br)cc1)c1nc(-c2ccc3ccccc3c2)cs1. The Morgan fingerprint density at radius 3 is 2.54 bits per heavy atom. The van der Waals surface area contributed by atoms with E-state index in [2.05, 4.69) is 52.3 Å². The van der Waals surface area contributed by atoms with Crippen LogP contribution in [0.25, 0.3) is 33.7 Å². The van der Waals surface area contributed by atoms with Crippen molar-refractivity contribution in [2.75, 3.05) is 0 Å². The predicted octanol–water partition coefficient (Wildman–Crippen LogP) is 6.79. The quantitative estimate of drug-likeness (QED) is 0.344. The third-order valence-electron chi connectivity index (χ3n) is 4.08. The van der Waals surface area contributed by atoms with Crippen LogP contribution in [0.2, 0.25) is 0 Å². The normalized spacial score (nSPS) is 11.5. The Balaban J connectivity index is 1.69. The van der Waals surface area contributed by atoms with Crippen LogP contribution in [0.1, 0.15) is 10.6 Å². The molecule has 4 heteroatoms. The van der Waals surface area contributed by atoms with Gasteiger partial charge in [0.25, 0.3) is 0 Å². The molecule has 0 spiro atoms. The molecule has 1 aromatic heterocycles. The van der Waals surface area contributed by atoms with Crippen molar-refractivity contribution >= 4 is 49.7 Å². The summed E-state index contributed by atoms with van der Waals surface area (Å²) in [5, 5.41) is 14.7. The number of thiazole rings is 1. The number of aromatic nitrogens is 1. The zero-order valence-electron chi connectivity index (χ0n) is 13.7. The van der Waals surface area contributed by atoms with Crippen molar-refractivity contribution < 1.29 is 0 Å². The van der Waals surface area contributed by atoms with E-state index in [-0.39, 0.29) is 0 Å². The fraction of sp³-hybridized carbons (Fsp3) is 0. The highest BCUT2D eigenvalue weighted by atomic mass is 79.9. The van der Waals surface area contributed by atoms with Gasteiger partial charge in [-0.25, -0.2) is 4.98 Å². The van der Waals surface area contributed by atoms with E-state index in [4.69, 9.17) is 4.98 Å². The Hall–Kier alpha value is -2.74. The Labute approximate surface area is 164 Å². The molecule has 0 saturated heterocycles. The molecule has 3 aromatic carbocycles. The van der Waals surface area contributed by atoms with Crippen LogP contribution in [0.5, 0.6) is 0 Å². The molecule has 0 bridgehead atoms. The summed E-state index contributed by atoms with van der Waals surface area (Å²) in [7, 11) is 0. The molecule has 124 valence electrons. The molecule has 0 N–H and O–H groups in total. The second-order valence-corrected chi connectivity index (χ2v) is 7.59. The predicted molar refractivity (Wildman–Crippen MR) is 113 cm³/mol. The van der Waals surface area contributed by atoms with Gasteiger partial charge in [0.2, 0.25) is 0 Å².